The van der Waals surface area contributed by atoms with E-state index in [1.54, 1.807) is 12.1 Å². The van der Waals surface area contributed by atoms with Gasteiger partial charge < -0.3 is 14.9 Å². The maximum Gasteiger partial charge on any atom is 0.490 e. The minimum absolute atomic E-state index is 0.00866. The number of likely N-dealkylation sites (tertiary alicyclic amines) is 1. The lowest BCUT2D eigenvalue weighted by atomic mass is 9.84. The molecular formula is C17H19ClF3NO5. The number of halogens is 4. The number of carbonyl (C=O) groups is 2. The van der Waals surface area contributed by atoms with Crippen molar-refractivity contribution in [1.29, 1.82) is 0 Å². The number of methoxy groups -OCH3 is 1. The van der Waals surface area contributed by atoms with Crippen LogP contribution >= 0.6 is 11.6 Å². The number of alkyl halides is 3. The molecule has 1 atom stereocenters. The summed E-state index contributed by atoms with van der Waals surface area (Å²) < 4.78 is 36.5. The normalized spacial score (nSPS) is 20.0. The summed E-state index contributed by atoms with van der Waals surface area (Å²) in [6, 6.07) is 3.80. The Balaban J connectivity index is 0.000000321. The molecule has 27 heavy (non-hydrogen) atoms. The summed E-state index contributed by atoms with van der Waals surface area (Å²) in [5, 5.41) is 17.9. The Hall–Kier alpha value is -2.00. The van der Waals surface area contributed by atoms with Crippen molar-refractivity contribution in [3.63, 3.8) is 0 Å². The van der Waals surface area contributed by atoms with E-state index in [1.165, 1.54) is 7.11 Å². The second-order valence-corrected chi connectivity index (χ2v) is 6.80. The van der Waals surface area contributed by atoms with Gasteiger partial charge in [-0.05, 0) is 37.0 Å². The third-order valence-electron chi connectivity index (χ3n) is 4.72. The molecule has 3 rings (SSSR count). The van der Waals surface area contributed by atoms with Crippen LogP contribution in [0, 0.1) is 5.92 Å². The van der Waals surface area contributed by atoms with Crippen molar-refractivity contribution in [2.45, 2.75) is 31.5 Å². The van der Waals surface area contributed by atoms with Gasteiger partial charge >= 0.3 is 18.1 Å². The monoisotopic (exact) mass is 409 g/mol. The van der Waals surface area contributed by atoms with Gasteiger partial charge in [0.1, 0.15) is 5.75 Å². The van der Waals surface area contributed by atoms with Gasteiger partial charge in [0.25, 0.3) is 0 Å². The first-order valence-electron chi connectivity index (χ1n) is 8.15. The summed E-state index contributed by atoms with van der Waals surface area (Å²) in [4.78, 5) is 22.6. The molecule has 1 fully saturated rings. The number of hydrogen-bond donors (Lipinski definition) is 2. The summed E-state index contributed by atoms with van der Waals surface area (Å²) in [6.45, 7) is 1.52. The number of ether oxygens (including phenoxy) is 1. The Morgan fingerprint density at radius 1 is 1.26 bits per heavy atom. The van der Waals surface area contributed by atoms with E-state index in [-0.39, 0.29) is 11.9 Å². The van der Waals surface area contributed by atoms with Crippen molar-refractivity contribution in [2.24, 2.45) is 5.92 Å². The van der Waals surface area contributed by atoms with Crippen LogP contribution in [-0.4, -0.2) is 59.5 Å². The second-order valence-electron chi connectivity index (χ2n) is 6.40. The zero-order chi connectivity index (χ0) is 20.4. The first-order valence-corrected chi connectivity index (χ1v) is 8.53. The first-order chi connectivity index (χ1) is 12.5. The predicted octanol–water partition coefficient (Wildman–Crippen LogP) is 2.64. The second kappa shape index (κ2) is 8.35. The van der Waals surface area contributed by atoms with E-state index in [9.17, 15) is 23.1 Å². The number of carboxylic acid groups (broad SMARTS) is 1. The average molecular weight is 410 g/mol. The third kappa shape index (κ3) is 5.04. The van der Waals surface area contributed by atoms with Crippen molar-refractivity contribution >= 4 is 23.5 Å². The van der Waals surface area contributed by atoms with Gasteiger partial charge in [0.15, 0.2) is 0 Å². The zero-order valence-corrected chi connectivity index (χ0v) is 15.2. The molecule has 1 saturated heterocycles. The van der Waals surface area contributed by atoms with Crippen LogP contribution in [0.2, 0.25) is 5.02 Å². The fourth-order valence-electron chi connectivity index (χ4n) is 3.24. The Kier molecular flexibility index (Phi) is 6.59. The van der Waals surface area contributed by atoms with Crippen molar-refractivity contribution in [3.05, 3.63) is 28.3 Å². The van der Waals surface area contributed by atoms with E-state index < -0.39 is 12.1 Å². The van der Waals surface area contributed by atoms with Crippen molar-refractivity contribution in [1.82, 2.24) is 4.90 Å². The molecule has 1 aromatic carbocycles. The molecule has 2 aliphatic rings. The van der Waals surface area contributed by atoms with Crippen LogP contribution in [-0.2, 0) is 27.2 Å². The van der Waals surface area contributed by atoms with Crippen molar-refractivity contribution in [2.75, 3.05) is 20.2 Å². The maximum atomic E-state index is 11.4. The molecule has 1 aromatic rings. The smallest absolute Gasteiger partial charge is 0.490 e. The van der Waals surface area contributed by atoms with Crippen LogP contribution in [0.3, 0.4) is 0 Å². The fourth-order valence-corrected chi connectivity index (χ4v) is 3.51. The van der Waals surface area contributed by atoms with Gasteiger partial charge in [-0.15, -0.1) is 0 Å². The molecule has 0 amide bonds. The van der Waals surface area contributed by atoms with E-state index in [0.717, 1.165) is 48.5 Å². The highest BCUT2D eigenvalue weighted by molar-refractivity contribution is 6.31. The molecule has 2 N–H and O–H groups in total. The molecule has 0 saturated carbocycles. The minimum Gasteiger partial charge on any atom is -0.508 e. The zero-order valence-electron chi connectivity index (χ0n) is 14.4. The molecular weight excluding hydrogens is 391 g/mol. The van der Waals surface area contributed by atoms with Gasteiger partial charge in [0.2, 0.25) is 0 Å². The number of aromatic hydroxyl groups is 1. The number of fused-ring (bicyclic) bond motifs is 1. The molecule has 0 radical (unpaired) electrons. The average Bonchev–Trinajstić information content (AvgIpc) is 2.56. The van der Waals surface area contributed by atoms with Crippen LogP contribution in [0.15, 0.2) is 12.1 Å². The quantitative estimate of drug-likeness (QED) is 0.730. The van der Waals surface area contributed by atoms with Crippen molar-refractivity contribution in [3.8, 4) is 5.75 Å². The summed E-state index contributed by atoms with van der Waals surface area (Å²) >= 11 is 6.19. The fraction of sp³-hybridized carbons (Fsp3) is 0.529. The third-order valence-corrected chi connectivity index (χ3v) is 5.07. The van der Waals surface area contributed by atoms with E-state index in [2.05, 4.69) is 4.90 Å². The maximum absolute atomic E-state index is 11.4. The van der Waals surface area contributed by atoms with Gasteiger partial charge in [0, 0.05) is 29.7 Å². The number of rotatable bonds is 2. The highest BCUT2D eigenvalue weighted by Crippen LogP contribution is 2.37. The first kappa shape index (κ1) is 21.3. The predicted molar refractivity (Wildman–Crippen MR) is 89.7 cm³/mol. The molecule has 0 spiro atoms. The topological polar surface area (TPSA) is 87.1 Å². The Morgan fingerprint density at radius 3 is 2.37 bits per heavy atom. The lowest BCUT2D eigenvalue weighted by Gasteiger charge is -2.44. The number of nitrogens with zero attached hydrogens (tertiary/aromatic N) is 1. The molecule has 0 aromatic heterocycles. The van der Waals surface area contributed by atoms with E-state index in [4.69, 9.17) is 26.2 Å². The van der Waals surface area contributed by atoms with Gasteiger partial charge in [-0.2, -0.15) is 13.2 Å². The number of benzene rings is 1. The molecule has 1 aliphatic carbocycles. The summed E-state index contributed by atoms with van der Waals surface area (Å²) in [5.74, 6) is -2.54. The molecule has 1 aliphatic heterocycles. The summed E-state index contributed by atoms with van der Waals surface area (Å²) in [6.07, 6.45) is -2.38. The van der Waals surface area contributed by atoms with Gasteiger partial charge in [-0.1, -0.05) is 11.6 Å². The number of phenolic OH excluding ortho intramolecular Hbond substituents is 1. The summed E-state index contributed by atoms with van der Waals surface area (Å²) in [7, 11) is 1.43. The lowest BCUT2D eigenvalue weighted by Crippen LogP contribution is -2.56. The largest absolute Gasteiger partial charge is 0.508 e. The molecule has 10 heteroatoms. The molecule has 1 heterocycles. The van der Waals surface area contributed by atoms with Crippen molar-refractivity contribution < 1.29 is 37.7 Å². The van der Waals surface area contributed by atoms with Crippen LogP contribution in [0.5, 0.6) is 5.75 Å². The Morgan fingerprint density at radius 2 is 1.85 bits per heavy atom. The number of carboxylic acids is 1. The lowest BCUT2D eigenvalue weighted by molar-refractivity contribution is -0.192. The molecule has 1 unspecified atom stereocenters. The number of phenols is 1. The standard InChI is InChI=1S/C15H18ClNO3.C2HF3O2/c1-20-15(19)9-7-17(8-9)10-2-3-11-12(6-10)14(18)5-4-13(11)16;3-2(4,5)1(6)7/h4-5,9-10,18H,2-3,6-8H2,1H3;(H,6,7). The van der Waals surface area contributed by atoms with Crippen LogP contribution < -0.4 is 0 Å². The number of esters is 1. The van der Waals surface area contributed by atoms with Crippen LogP contribution in [0.4, 0.5) is 13.2 Å². The Bertz CT molecular complexity index is 719. The van der Waals surface area contributed by atoms with Gasteiger partial charge in [0.05, 0.1) is 13.0 Å². The van der Waals surface area contributed by atoms with E-state index >= 15 is 0 Å². The van der Waals surface area contributed by atoms with E-state index in [1.807, 2.05) is 0 Å². The number of carbonyl (C=O) groups excluding carboxylic acids is 1. The number of hydrogen-bond acceptors (Lipinski definition) is 5. The summed E-state index contributed by atoms with van der Waals surface area (Å²) in [5.41, 5.74) is 2.04. The van der Waals surface area contributed by atoms with Crippen LogP contribution in [0.25, 0.3) is 0 Å². The SMILES string of the molecule is COC(=O)C1CN(C2CCc3c(Cl)ccc(O)c3C2)C1.O=C(O)C(F)(F)F. The van der Waals surface area contributed by atoms with Gasteiger partial charge in [-0.25, -0.2) is 4.79 Å². The number of aliphatic carboxylic acids is 1. The molecule has 150 valence electrons. The van der Waals surface area contributed by atoms with Gasteiger partial charge in [-0.3, -0.25) is 9.69 Å². The highest BCUT2D eigenvalue weighted by Gasteiger charge is 2.39. The Labute approximate surface area is 158 Å². The van der Waals surface area contributed by atoms with Crippen LogP contribution in [0.1, 0.15) is 17.5 Å². The minimum atomic E-state index is -5.08. The molecule has 0 bridgehead atoms. The van der Waals surface area contributed by atoms with E-state index in [0.29, 0.717) is 11.8 Å². The highest BCUT2D eigenvalue weighted by atomic mass is 35.5. The molecule has 6 nitrogen and oxygen atoms in total.